The maximum atomic E-state index is 10.4. The molecule has 0 bridgehead atoms. The molecule has 10 heavy (non-hydrogen) atoms. The van der Waals surface area contributed by atoms with Crippen molar-refractivity contribution in [3.05, 3.63) is 12.7 Å². The summed E-state index contributed by atoms with van der Waals surface area (Å²) < 4.78 is 4.57. The molecule has 0 radical (unpaired) electrons. The van der Waals surface area contributed by atoms with Gasteiger partial charge in [-0.1, -0.05) is 6.58 Å². The van der Waals surface area contributed by atoms with Crippen molar-refractivity contribution in [3.8, 4) is 0 Å². The topological polar surface area (TPSA) is 26.3 Å². The fraction of sp³-hybridized carbons (Fsp3) is 0.500. The van der Waals surface area contributed by atoms with E-state index in [0.29, 0.717) is 0 Å². The SMILES string of the molecule is C=CC(=O)OCC(Cl)CCl. The molecule has 0 aromatic rings. The van der Waals surface area contributed by atoms with Crippen molar-refractivity contribution >= 4 is 29.2 Å². The summed E-state index contributed by atoms with van der Waals surface area (Å²) in [5.41, 5.74) is 0. The molecule has 0 rings (SSSR count). The second-order valence-corrected chi connectivity index (χ2v) is 2.51. The maximum absolute atomic E-state index is 10.4. The van der Waals surface area contributed by atoms with E-state index in [1.807, 2.05) is 0 Å². The van der Waals surface area contributed by atoms with E-state index in [1.54, 1.807) is 0 Å². The number of carbonyl (C=O) groups is 1. The smallest absolute Gasteiger partial charge is 0.330 e. The van der Waals surface area contributed by atoms with Crippen LogP contribution in [0.2, 0.25) is 0 Å². The highest BCUT2D eigenvalue weighted by atomic mass is 35.5. The molecule has 1 unspecified atom stereocenters. The molecule has 0 aliphatic carbocycles. The van der Waals surface area contributed by atoms with Gasteiger partial charge in [0.05, 0.1) is 5.38 Å². The monoisotopic (exact) mass is 182 g/mol. The van der Waals surface area contributed by atoms with Gasteiger partial charge in [-0.15, -0.1) is 23.2 Å². The molecule has 0 saturated carbocycles. The van der Waals surface area contributed by atoms with Crippen molar-refractivity contribution in [3.63, 3.8) is 0 Å². The molecule has 0 spiro atoms. The maximum Gasteiger partial charge on any atom is 0.330 e. The molecule has 0 aliphatic rings. The number of esters is 1. The molecule has 0 aliphatic heterocycles. The van der Waals surface area contributed by atoms with E-state index < -0.39 is 5.97 Å². The first-order chi connectivity index (χ1) is 4.70. The van der Waals surface area contributed by atoms with E-state index in [9.17, 15) is 4.79 Å². The van der Waals surface area contributed by atoms with Gasteiger partial charge in [0, 0.05) is 12.0 Å². The summed E-state index contributed by atoms with van der Waals surface area (Å²) in [6, 6.07) is 0. The van der Waals surface area contributed by atoms with Gasteiger partial charge in [-0.25, -0.2) is 4.79 Å². The number of carbonyl (C=O) groups excluding carboxylic acids is 1. The van der Waals surface area contributed by atoms with Gasteiger partial charge in [0.25, 0.3) is 0 Å². The Morgan fingerprint density at radius 1 is 1.80 bits per heavy atom. The first-order valence-electron chi connectivity index (χ1n) is 2.70. The van der Waals surface area contributed by atoms with Crippen LogP contribution in [0.25, 0.3) is 0 Å². The van der Waals surface area contributed by atoms with Crippen molar-refractivity contribution in [2.24, 2.45) is 0 Å². The number of hydrogen-bond donors (Lipinski definition) is 0. The van der Waals surface area contributed by atoms with Gasteiger partial charge in [0.1, 0.15) is 6.61 Å². The normalized spacial score (nSPS) is 12.2. The third-order valence-electron chi connectivity index (χ3n) is 0.741. The summed E-state index contributed by atoms with van der Waals surface area (Å²) in [5.74, 6) is -0.206. The molecule has 4 heteroatoms. The molecule has 0 aromatic carbocycles. The Kier molecular flexibility index (Phi) is 5.45. The predicted molar refractivity (Wildman–Crippen MR) is 41.5 cm³/mol. The van der Waals surface area contributed by atoms with Crippen LogP contribution in [0.1, 0.15) is 0 Å². The van der Waals surface area contributed by atoms with Crippen LogP contribution >= 0.6 is 23.2 Å². The first kappa shape index (κ1) is 9.79. The molecular weight excluding hydrogens is 175 g/mol. The standard InChI is InChI=1S/C6H8Cl2O2/c1-2-6(9)10-4-5(8)3-7/h2,5H,1,3-4H2. The van der Waals surface area contributed by atoms with Gasteiger partial charge in [-0.05, 0) is 0 Å². The Bertz CT molecular complexity index is 125. The molecule has 0 saturated heterocycles. The molecular formula is C6H8Cl2O2. The second kappa shape index (κ2) is 5.57. The Hall–Kier alpha value is -0.210. The minimum atomic E-state index is -0.476. The zero-order valence-electron chi connectivity index (χ0n) is 5.35. The lowest BCUT2D eigenvalue weighted by molar-refractivity contribution is -0.137. The minimum Gasteiger partial charge on any atom is -0.461 e. The summed E-state index contributed by atoms with van der Waals surface area (Å²) in [6.07, 6.45) is 1.08. The quantitative estimate of drug-likeness (QED) is 0.375. The number of rotatable bonds is 4. The highest BCUT2D eigenvalue weighted by molar-refractivity contribution is 6.28. The highest BCUT2D eigenvalue weighted by Gasteiger charge is 2.04. The van der Waals surface area contributed by atoms with E-state index >= 15 is 0 Å². The number of halogens is 2. The molecule has 0 heterocycles. The third kappa shape index (κ3) is 4.65. The number of hydrogen-bond acceptors (Lipinski definition) is 2. The Labute approximate surface area is 69.8 Å². The second-order valence-electron chi connectivity index (χ2n) is 1.59. The lowest BCUT2D eigenvalue weighted by Gasteiger charge is -2.03. The van der Waals surface area contributed by atoms with Crippen molar-refractivity contribution in [2.75, 3.05) is 12.5 Å². The Balaban J connectivity index is 3.34. The van der Waals surface area contributed by atoms with Crippen LogP contribution in [0.4, 0.5) is 0 Å². The summed E-state index contributed by atoms with van der Waals surface area (Å²) in [6.45, 7) is 3.35. The Morgan fingerprint density at radius 3 is 2.80 bits per heavy atom. The van der Waals surface area contributed by atoms with E-state index in [0.717, 1.165) is 6.08 Å². The summed E-state index contributed by atoms with van der Waals surface area (Å²) in [5, 5.41) is -0.314. The van der Waals surface area contributed by atoms with Crippen molar-refractivity contribution in [2.45, 2.75) is 5.38 Å². The molecule has 2 nitrogen and oxygen atoms in total. The molecule has 0 amide bonds. The van der Waals surface area contributed by atoms with Crippen LogP contribution in [0.5, 0.6) is 0 Å². The van der Waals surface area contributed by atoms with Crippen LogP contribution in [-0.2, 0) is 9.53 Å². The average Bonchev–Trinajstić information content (AvgIpc) is 1.99. The van der Waals surface area contributed by atoms with Crippen molar-refractivity contribution in [1.82, 2.24) is 0 Å². The lowest BCUT2D eigenvalue weighted by Crippen LogP contribution is -2.13. The van der Waals surface area contributed by atoms with E-state index in [-0.39, 0.29) is 17.9 Å². The first-order valence-corrected chi connectivity index (χ1v) is 3.67. The van der Waals surface area contributed by atoms with Crippen LogP contribution in [-0.4, -0.2) is 23.8 Å². The molecule has 0 aromatic heterocycles. The zero-order valence-corrected chi connectivity index (χ0v) is 6.86. The zero-order chi connectivity index (χ0) is 7.98. The largest absolute Gasteiger partial charge is 0.461 e. The number of alkyl halides is 2. The van der Waals surface area contributed by atoms with Gasteiger partial charge < -0.3 is 4.74 Å². The van der Waals surface area contributed by atoms with Crippen LogP contribution in [0, 0.1) is 0 Å². The molecule has 0 fully saturated rings. The summed E-state index contributed by atoms with van der Waals surface area (Å²) in [4.78, 5) is 10.4. The van der Waals surface area contributed by atoms with Crippen molar-refractivity contribution in [1.29, 1.82) is 0 Å². The molecule has 58 valence electrons. The van der Waals surface area contributed by atoms with Crippen molar-refractivity contribution < 1.29 is 9.53 Å². The van der Waals surface area contributed by atoms with Gasteiger partial charge in [0.15, 0.2) is 0 Å². The third-order valence-corrected chi connectivity index (χ3v) is 1.55. The van der Waals surface area contributed by atoms with Crippen LogP contribution in [0.3, 0.4) is 0 Å². The van der Waals surface area contributed by atoms with Gasteiger partial charge in [-0.2, -0.15) is 0 Å². The number of ether oxygens (including phenoxy) is 1. The van der Waals surface area contributed by atoms with Gasteiger partial charge >= 0.3 is 5.97 Å². The van der Waals surface area contributed by atoms with E-state index in [2.05, 4.69) is 11.3 Å². The Morgan fingerprint density at radius 2 is 2.40 bits per heavy atom. The van der Waals surface area contributed by atoms with Gasteiger partial charge in [-0.3, -0.25) is 0 Å². The molecule has 0 N–H and O–H groups in total. The fourth-order valence-corrected chi connectivity index (χ4v) is 0.428. The summed E-state index contributed by atoms with van der Waals surface area (Å²) >= 11 is 10.9. The predicted octanol–water partition coefficient (Wildman–Crippen LogP) is 1.56. The molecule has 1 atom stereocenters. The van der Waals surface area contributed by atoms with Crippen LogP contribution in [0.15, 0.2) is 12.7 Å². The lowest BCUT2D eigenvalue weighted by atomic mass is 10.5. The van der Waals surface area contributed by atoms with Crippen LogP contribution < -0.4 is 0 Å². The van der Waals surface area contributed by atoms with E-state index in [1.165, 1.54) is 0 Å². The summed E-state index contributed by atoms with van der Waals surface area (Å²) in [7, 11) is 0. The van der Waals surface area contributed by atoms with Gasteiger partial charge in [0.2, 0.25) is 0 Å². The minimum absolute atomic E-state index is 0.135. The highest BCUT2D eigenvalue weighted by Crippen LogP contribution is 1.98. The van der Waals surface area contributed by atoms with E-state index in [4.69, 9.17) is 23.2 Å². The fourth-order valence-electron chi connectivity index (χ4n) is 0.276. The average molecular weight is 183 g/mol.